The molecule has 1 aliphatic heterocycles. The van der Waals surface area contributed by atoms with Gasteiger partial charge in [-0.2, -0.15) is 0 Å². The lowest BCUT2D eigenvalue weighted by Crippen LogP contribution is -2.47. The molecule has 1 heterocycles. The summed E-state index contributed by atoms with van der Waals surface area (Å²) in [5.41, 5.74) is 2.54. The van der Waals surface area contributed by atoms with Crippen LogP contribution in [0.15, 0.2) is 60.7 Å². The second-order valence-electron chi connectivity index (χ2n) is 9.54. The van der Waals surface area contributed by atoms with Crippen LogP contribution in [-0.4, -0.2) is 56.1 Å². The minimum absolute atomic E-state index is 0.0279. The molecule has 0 saturated carbocycles. The molecule has 10 nitrogen and oxygen atoms in total. The molecule has 1 atom stereocenters. The van der Waals surface area contributed by atoms with Crippen LogP contribution in [0.3, 0.4) is 0 Å². The van der Waals surface area contributed by atoms with Crippen molar-refractivity contribution in [1.82, 2.24) is 5.32 Å². The Hall–Kier alpha value is -4.31. The highest BCUT2D eigenvalue weighted by atomic mass is 35.5. The van der Waals surface area contributed by atoms with Gasteiger partial charge in [-0.25, -0.2) is 0 Å². The van der Waals surface area contributed by atoms with Gasteiger partial charge in [0.05, 0.1) is 33.9 Å². The summed E-state index contributed by atoms with van der Waals surface area (Å²) in [6.45, 7) is 6.78. The SMILES string of the molecule is CCC(C)NC(=O)c1cc(NC(=O)c2ccc([N+](=O)[O-])cc2Cl)ccc1N1CCN(c2ccccc2OC)CC1. The lowest BCUT2D eigenvalue weighted by molar-refractivity contribution is -0.384. The Bertz CT molecular complexity index is 1410. The van der Waals surface area contributed by atoms with Gasteiger partial charge >= 0.3 is 0 Å². The third kappa shape index (κ3) is 6.45. The number of anilines is 3. The number of ether oxygens (including phenoxy) is 1. The Morgan fingerprint density at radius 1 is 0.975 bits per heavy atom. The van der Waals surface area contributed by atoms with E-state index in [1.165, 1.54) is 12.1 Å². The van der Waals surface area contributed by atoms with Gasteiger partial charge in [0.15, 0.2) is 0 Å². The van der Waals surface area contributed by atoms with Gasteiger partial charge in [-0.15, -0.1) is 0 Å². The van der Waals surface area contributed by atoms with Crippen molar-refractivity contribution in [3.63, 3.8) is 0 Å². The van der Waals surface area contributed by atoms with Gasteiger partial charge in [0.1, 0.15) is 5.75 Å². The van der Waals surface area contributed by atoms with Crippen molar-refractivity contribution in [2.45, 2.75) is 26.3 Å². The van der Waals surface area contributed by atoms with Gasteiger partial charge in [0.25, 0.3) is 17.5 Å². The normalized spacial score (nSPS) is 13.9. The molecule has 11 heteroatoms. The molecule has 1 saturated heterocycles. The number of piperazine rings is 1. The second-order valence-corrected chi connectivity index (χ2v) is 9.94. The van der Waals surface area contributed by atoms with Crippen LogP contribution >= 0.6 is 11.6 Å². The summed E-state index contributed by atoms with van der Waals surface area (Å²) in [5, 5.41) is 16.8. The van der Waals surface area contributed by atoms with E-state index < -0.39 is 10.8 Å². The summed E-state index contributed by atoms with van der Waals surface area (Å²) < 4.78 is 5.53. The van der Waals surface area contributed by atoms with Crippen molar-refractivity contribution in [1.29, 1.82) is 0 Å². The van der Waals surface area contributed by atoms with Crippen molar-refractivity contribution in [3.05, 3.63) is 86.9 Å². The fraction of sp³-hybridized carbons (Fsp3) is 0.310. The minimum Gasteiger partial charge on any atom is -0.495 e. The summed E-state index contributed by atoms with van der Waals surface area (Å²) in [4.78, 5) is 41.1. The van der Waals surface area contributed by atoms with E-state index in [1.54, 1.807) is 19.2 Å². The second kappa shape index (κ2) is 12.7. The first-order valence-electron chi connectivity index (χ1n) is 13.0. The molecule has 3 aromatic carbocycles. The van der Waals surface area contributed by atoms with Gasteiger partial charge in [-0.1, -0.05) is 30.7 Å². The van der Waals surface area contributed by atoms with Crippen LogP contribution in [0.25, 0.3) is 0 Å². The van der Waals surface area contributed by atoms with Crippen LogP contribution in [-0.2, 0) is 0 Å². The van der Waals surface area contributed by atoms with E-state index >= 15 is 0 Å². The highest BCUT2D eigenvalue weighted by Crippen LogP contribution is 2.31. The van der Waals surface area contributed by atoms with Crippen LogP contribution in [0, 0.1) is 10.1 Å². The summed E-state index contributed by atoms with van der Waals surface area (Å²) in [6.07, 6.45) is 0.772. The van der Waals surface area contributed by atoms with Crippen LogP contribution in [0.4, 0.5) is 22.7 Å². The Labute approximate surface area is 238 Å². The van der Waals surface area contributed by atoms with Gasteiger partial charge in [-0.05, 0) is 49.7 Å². The molecular weight excluding hydrogens is 534 g/mol. The Morgan fingerprint density at radius 2 is 1.65 bits per heavy atom. The maximum atomic E-state index is 13.3. The first-order chi connectivity index (χ1) is 19.2. The number of amides is 2. The number of para-hydroxylation sites is 2. The van der Waals surface area contributed by atoms with Gasteiger partial charge in [0.2, 0.25) is 0 Å². The summed E-state index contributed by atoms with van der Waals surface area (Å²) in [5.74, 6) is 0.0464. The molecule has 0 aliphatic carbocycles. The molecule has 40 heavy (non-hydrogen) atoms. The number of non-ortho nitro benzene ring substituents is 1. The third-order valence-electron chi connectivity index (χ3n) is 6.94. The number of halogens is 1. The summed E-state index contributed by atoms with van der Waals surface area (Å²) in [6, 6.07) is 16.8. The van der Waals surface area contributed by atoms with Crippen molar-refractivity contribution >= 4 is 46.2 Å². The van der Waals surface area contributed by atoms with E-state index in [1.807, 2.05) is 44.2 Å². The molecule has 1 aliphatic rings. The van der Waals surface area contributed by atoms with Gasteiger partial charge in [0, 0.05) is 55.7 Å². The monoisotopic (exact) mass is 565 g/mol. The highest BCUT2D eigenvalue weighted by Gasteiger charge is 2.24. The average molecular weight is 566 g/mol. The van der Waals surface area contributed by atoms with E-state index in [0.29, 0.717) is 24.3 Å². The fourth-order valence-corrected chi connectivity index (χ4v) is 4.82. The maximum absolute atomic E-state index is 13.3. The number of hydrogen-bond acceptors (Lipinski definition) is 7. The number of nitrogens with one attached hydrogen (secondary N) is 2. The predicted molar refractivity (Wildman–Crippen MR) is 157 cm³/mol. The molecule has 0 radical (unpaired) electrons. The topological polar surface area (TPSA) is 117 Å². The van der Waals surface area contributed by atoms with E-state index in [-0.39, 0.29) is 28.2 Å². The van der Waals surface area contributed by atoms with Crippen molar-refractivity contribution < 1.29 is 19.2 Å². The molecule has 1 fully saturated rings. The van der Waals surface area contributed by atoms with Crippen molar-refractivity contribution in [2.24, 2.45) is 0 Å². The molecule has 2 N–H and O–H groups in total. The number of nitro benzene ring substituents is 1. The fourth-order valence-electron chi connectivity index (χ4n) is 4.55. The first kappa shape index (κ1) is 28.7. The average Bonchev–Trinajstić information content (AvgIpc) is 2.96. The van der Waals surface area contributed by atoms with Gasteiger partial charge < -0.3 is 25.2 Å². The number of nitro groups is 1. The number of nitrogens with zero attached hydrogens (tertiary/aromatic N) is 3. The van der Waals surface area contributed by atoms with E-state index in [4.69, 9.17) is 16.3 Å². The van der Waals surface area contributed by atoms with E-state index in [0.717, 1.165) is 42.7 Å². The van der Waals surface area contributed by atoms with E-state index in [2.05, 4.69) is 20.4 Å². The Balaban J connectivity index is 1.57. The van der Waals surface area contributed by atoms with Crippen LogP contribution in [0.1, 0.15) is 41.0 Å². The number of methoxy groups -OCH3 is 1. The molecule has 0 spiro atoms. The molecular formula is C29H32ClN5O5. The number of hydrogen-bond donors (Lipinski definition) is 2. The lowest BCUT2D eigenvalue weighted by Gasteiger charge is -2.38. The highest BCUT2D eigenvalue weighted by molar-refractivity contribution is 6.34. The summed E-state index contributed by atoms with van der Waals surface area (Å²) in [7, 11) is 1.66. The predicted octanol–water partition coefficient (Wildman–Crippen LogP) is 5.36. The largest absolute Gasteiger partial charge is 0.495 e. The maximum Gasteiger partial charge on any atom is 0.270 e. The molecule has 0 aromatic heterocycles. The number of benzene rings is 3. The molecule has 0 bridgehead atoms. The molecule has 2 amide bonds. The lowest BCUT2D eigenvalue weighted by atomic mass is 10.1. The zero-order chi connectivity index (χ0) is 28.8. The Kier molecular flexibility index (Phi) is 9.11. The van der Waals surface area contributed by atoms with Crippen LogP contribution in [0.2, 0.25) is 5.02 Å². The van der Waals surface area contributed by atoms with Crippen molar-refractivity contribution in [3.8, 4) is 5.75 Å². The van der Waals surface area contributed by atoms with E-state index in [9.17, 15) is 19.7 Å². The third-order valence-corrected chi connectivity index (χ3v) is 7.26. The molecule has 210 valence electrons. The minimum atomic E-state index is -0.579. The summed E-state index contributed by atoms with van der Waals surface area (Å²) >= 11 is 6.14. The number of carbonyl (C=O) groups excluding carboxylic acids is 2. The smallest absolute Gasteiger partial charge is 0.270 e. The standard InChI is InChI=1S/C29H32ClN5O5/c1-4-19(2)31-29(37)23-17-20(32-28(36)22-11-10-21(35(38)39)18-24(22)30)9-12-25(23)33-13-15-34(16-14-33)26-7-5-6-8-27(26)40-3/h5-12,17-19H,4,13-16H2,1-3H3,(H,31,37)(H,32,36). The van der Waals surface area contributed by atoms with Gasteiger partial charge in [-0.3, -0.25) is 19.7 Å². The number of carbonyl (C=O) groups is 2. The van der Waals surface area contributed by atoms with Crippen LogP contribution < -0.4 is 25.2 Å². The molecule has 1 unspecified atom stereocenters. The number of rotatable bonds is 9. The first-order valence-corrected chi connectivity index (χ1v) is 13.4. The Morgan fingerprint density at radius 3 is 2.27 bits per heavy atom. The van der Waals surface area contributed by atoms with Crippen molar-refractivity contribution in [2.75, 3.05) is 48.4 Å². The zero-order valence-corrected chi connectivity index (χ0v) is 23.4. The quantitative estimate of drug-likeness (QED) is 0.265. The zero-order valence-electron chi connectivity index (χ0n) is 22.6. The molecule has 3 aromatic rings. The van der Waals surface area contributed by atoms with Crippen LogP contribution in [0.5, 0.6) is 5.75 Å². The molecule has 4 rings (SSSR count).